The summed E-state index contributed by atoms with van der Waals surface area (Å²) in [6.07, 6.45) is 10.1. The summed E-state index contributed by atoms with van der Waals surface area (Å²) in [5.41, 5.74) is 0.431. The van der Waals surface area contributed by atoms with E-state index in [0.717, 1.165) is 45.6 Å². The minimum Gasteiger partial charge on any atom is -0.381 e. The van der Waals surface area contributed by atoms with E-state index in [0.29, 0.717) is 11.3 Å². The van der Waals surface area contributed by atoms with E-state index in [4.69, 9.17) is 0 Å². The van der Waals surface area contributed by atoms with E-state index >= 15 is 0 Å². The van der Waals surface area contributed by atoms with Gasteiger partial charge in [0.25, 0.3) is 0 Å². The number of rotatable bonds is 16. The summed E-state index contributed by atoms with van der Waals surface area (Å²) >= 11 is 0. The van der Waals surface area contributed by atoms with Crippen LogP contribution in [0.25, 0.3) is 0 Å². The second kappa shape index (κ2) is 13.1. The molecule has 0 heterocycles. The molecule has 2 N–H and O–H groups in total. The van der Waals surface area contributed by atoms with Crippen molar-refractivity contribution in [3.8, 4) is 0 Å². The first-order valence-corrected chi connectivity index (χ1v) is 10.0. The van der Waals surface area contributed by atoms with Gasteiger partial charge in [-0.3, -0.25) is 9.59 Å². The number of unbranched alkanes of at least 4 members (excludes halogenated alkanes) is 5. The zero-order chi connectivity index (χ0) is 18.5. The second-order valence-corrected chi connectivity index (χ2v) is 7.01. The zero-order valence-electron chi connectivity index (χ0n) is 16.5. The Morgan fingerprint density at radius 1 is 0.800 bits per heavy atom. The van der Waals surface area contributed by atoms with Crippen LogP contribution in [-0.2, 0) is 0 Å². The lowest BCUT2D eigenvalue weighted by molar-refractivity contribution is 0.262. The summed E-state index contributed by atoms with van der Waals surface area (Å²) in [4.78, 5) is 25.2. The Kier molecular flexibility index (Phi) is 11.4. The van der Waals surface area contributed by atoms with Gasteiger partial charge >= 0.3 is 0 Å². The molecule has 0 aliphatic rings. The highest BCUT2D eigenvalue weighted by molar-refractivity contribution is 5.55. The number of hydrogen-bond donors (Lipinski definition) is 2. The predicted molar refractivity (Wildman–Crippen MR) is 108 cm³/mol. The molecule has 1 aromatic rings. The van der Waals surface area contributed by atoms with Gasteiger partial charge in [-0.1, -0.05) is 39.0 Å². The second-order valence-electron chi connectivity index (χ2n) is 7.01. The number of nitrogens with one attached hydrogen (secondary N) is 2. The van der Waals surface area contributed by atoms with Crippen LogP contribution in [0.15, 0.2) is 9.59 Å². The molecule has 5 heteroatoms. The van der Waals surface area contributed by atoms with Crippen molar-refractivity contribution in [3.63, 3.8) is 0 Å². The van der Waals surface area contributed by atoms with Crippen molar-refractivity contribution in [3.05, 3.63) is 26.0 Å². The Hall–Kier alpha value is -1.20. The Bertz CT molecular complexity index is 535. The average Bonchev–Trinajstić information content (AvgIpc) is 2.63. The van der Waals surface area contributed by atoms with Crippen LogP contribution in [-0.4, -0.2) is 44.7 Å². The maximum absolute atomic E-state index is 11.4. The third kappa shape index (κ3) is 8.15. The van der Waals surface area contributed by atoms with Crippen molar-refractivity contribution in [2.75, 3.05) is 45.1 Å². The van der Waals surface area contributed by atoms with E-state index in [1.165, 1.54) is 38.5 Å². The van der Waals surface area contributed by atoms with Crippen LogP contribution >= 0.6 is 0 Å². The minimum atomic E-state index is -0.351. The molecule has 0 saturated heterocycles. The van der Waals surface area contributed by atoms with Crippen molar-refractivity contribution in [2.45, 2.75) is 65.2 Å². The maximum atomic E-state index is 11.4. The Morgan fingerprint density at radius 2 is 1.40 bits per heavy atom. The van der Waals surface area contributed by atoms with Gasteiger partial charge < -0.3 is 15.5 Å². The monoisotopic (exact) mass is 351 g/mol. The summed E-state index contributed by atoms with van der Waals surface area (Å²) < 4.78 is 0. The van der Waals surface area contributed by atoms with E-state index < -0.39 is 0 Å². The number of anilines is 1. The van der Waals surface area contributed by atoms with Crippen molar-refractivity contribution < 1.29 is 0 Å². The highest BCUT2D eigenvalue weighted by Gasteiger charge is 2.15. The molecule has 0 amide bonds. The van der Waals surface area contributed by atoms with Crippen LogP contribution in [0.4, 0.5) is 5.69 Å². The highest BCUT2D eigenvalue weighted by Crippen LogP contribution is 2.08. The molecule has 0 aliphatic carbocycles. The van der Waals surface area contributed by atoms with Crippen LogP contribution in [0.5, 0.6) is 0 Å². The first kappa shape index (κ1) is 21.8. The Morgan fingerprint density at radius 3 is 2.04 bits per heavy atom. The summed E-state index contributed by atoms with van der Waals surface area (Å²) in [5, 5.41) is 6.34. The van der Waals surface area contributed by atoms with Gasteiger partial charge in [-0.2, -0.15) is 0 Å². The maximum Gasteiger partial charge on any atom is 0.249 e. The normalized spacial score (nSPS) is 11.5. The fourth-order valence-corrected chi connectivity index (χ4v) is 3.16. The molecule has 144 valence electrons. The molecule has 1 rings (SSSR count). The molecule has 0 spiro atoms. The molecule has 0 bridgehead atoms. The van der Waals surface area contributed by atoms with E-state index in [1.807, 2.05) is 7.05 Å². The van der Waals surface area contributed by atoms with Gasteiger partial charge in [-0.15, -0.1) is 0 Å². The minimum absolute atomic E-state index is 0.334. The van der Waals surface area contributed by atoms with Crippen LogP contribution in [0, 0.1) is 6.92 Å². The molecule has 0 unspecified atom stereocenters. The third-order valence-corrected chi connectivity index (χ3v) is 4.83. The fraction of sp³-hybridized carbons (Fsp3) is 0.800. The molecule has 0 aliphatic heterocycles. The predicted octanol–water partition coefficient (Wildman–Crippen LogP) is 2.67. The lowest BCUT2D eigenvalue weighted by Crippen LogP contribution is -2.37. The lowest BCUT2D eigenvalue weighted by atomic mass is 10.1. The molecule has 0 radical (unpaired) electrons. The summed E-state index contributed by atoms with van der Waals surface area (Å²) in [7, 11) is 2.00. The van der Waals surface area contributed by atoms with Crippen molar-refractivity contribution >= 4 is 5.69 Å². The lowest BCUT2D eigenvalue weighted by Gasteiger charge is -2.22. The molecule has 0 aromatic heterocycles. The van der Waals surface area contributed by atoms with Gasteiger partial charge in [0, 0.05) is 12.1 Å². The highest BCUT2D eigenvalue weighted by atomic mass is 16.2. The summed E-state index contributed by atoms with van der Waals surface area (Å²) in [6.45, 7) is 9.10. The Balaban J connectivity index is 2.22. The molecule has 25 heavy (non-hydrogen) atoms. The molecule has 5 nitrogen and oxygen atoms in total. The largest absolute Gasteiger partial charge is 0.381 e. The molecular weight excluding hydrogens is 314 g/mol. The molecule has 0 atom stereocenters. The number of nitrogens with zero attached hydrogens (tertiary/aromatic N) is 1. The van der Waals surface area contributed by atoms with E-state index in [9.17, 15) is 9.59 Å². The smallest absolute Gasteiger partial charge is 0.249 e. The van der Waals surface area contributed by atoms with E-state index in [-0.39, 0.29) is 10.9 Å². The van der Waals surface area contributed by atoms with Gasteiger partial charge in [-0.05, 0) is 59.4 Å². The first-order chi connectivity index (χ1) is 12.1. The third-order valence-electron chi connectivity index (χ3n) is 4.83. The van der Waals surface area contributed by atoms with Crippen molar-refractivity contribution in [1.29, 1.82) is 0 Å². The van der Waals surface area contributed by atoms with E-state index in [1.54, 1.807) is 6.92 Å². The van der Waals surface area contributed by atoms with Gasteiger partial charge in [0.1, 0.15) is 0 Å². The molecule has 1 aromatic carbocycles. The topological polar surface area (TPSA) is 61.4 Å². The zero-order valence-corrected chi connectivity index (χ0v) is 16.5. The number of hydrogen-bond acceptors (Lipinski definition) is 5. The molecular formula is C20H37N3O2. The van der Waals surface area contributed by atoms with Crippen LogP contribution < -0.4 is 21.5 Å². The van der Waals surface area contributed by atoms with Gasteiger partial charge in [0.2, 0.25) is 10.9 Å². The SMILES string of the molecule is CCCCCCCCN(CCCNC)CCCNc1c(C)c(=O)c1=O. The van der Waals surface area contributed by atoms with Crippen LogP contribution in [0.2, 0.25) is 0 Å². The average molecular weight is 352 g/mol. The van der Waals surface area contributed by atoms with Crippen molar-refractivity contribution in [2.24, 2.45) is 0 Å². The van der Waals surface area contributed by atoms with Gasteiger partial charge in [0.15, 0.2) is 0 Å². The Labute approximate surface area is 152 Å². The van der Waals surface area contributed by atoms with Crippen molar-refractivity contribution in [1.82, 2.24) is 10.2 Å². The van der Waals surface area contributed by atoms with Crippen LogP contribution in [0.1, 0.15) is 63.9 Å². The van der Waals surface area contributed by atoms with Crippen LogP contribution in [0.3, 0.4) is 0 Å². The van der Waals surface area contributed by atoms with Gasteiger partial charge in [0.05, 0.1) is 5.69 Å². The summed E-state index contributed by atoms with van der Waals surface area (Å²) in [6, 6.07) is 0. The standard InChI is InChI=1S/C20H37N3O2/c1-4-5-6-7-8-9-14-23(15-10-12-21-3)16-11-13-22-18-17(2)19(24)20(18)25/h21-22H,4-16H2,1-3H3. The van der Waals surface area contributed by atoms with Gasteiger partial charge in [-0.25, -0.2) is 0 Å². The quantitative estimate of drug-likeness (QED) is 0.354. The molecule has 0 saturated carbocycles. The van der Waals surface area contributed by atoms with E-state index in [2.05, 4.69) is 22.5 Å². The first-order valence-electron chi connectivity index (χ1n) is 10.0. The fourth-order valence-electron chi connectivity index (χ4n) is 3.16. The summed E-state index contributed by atoms with van der Waals surface area (Å²) in [5.74, 6) is 0. The molecule has 0 fully saturated rings.